The molecule has 0 saturated carbocycles. The van der Waals surface area contributed by atoms with Crippen LogP contribution in [-0.2, 0) is 21.4 Å². The monoisotopic (exact) mass is 424 g/mol. The lowest BCUT2D eigenvalue weighted by molar-refractivity contribution is -0.122. The number of amides is 1. The van der Waals surface area contributed by atoms with Crippen molar-refractivity contribution in [3.05, 3.63) is 64.7 Å². The van der Waals surface area contributed by atoms with Gasteiger partial charge in [0.25, 0.3) is 0 Å². The summed E-state index contributed by atoms with van der Waals surface area (Å²) in [5.41, 5.74) is 1.77. The molecule has 0 aliphatic heterocycles. The fourth-order valence-electron chi connectivity index (χ4n) is 2.49. The van der Waals surface area contributed by atoms with Crippen molar-refractivity contribution in [3.63, 3.8) is 0 Å². The first kappa shape index (κ1) is 22.2. The molecule has 0 saturated heterocycles. The Kier molecular flexibility index (Phi) is 7.86. The third kappa shape index (κ3) is 7.14. The van der Waals surface area contributed by atoms with E-state index < -0.39 is 15.9 Å². The molecule has 0 spiro atoms. The van der Waals surface area contributed by atoms with Gasteiger partial charge in [0, 0.05) is 11.6 Å². The Hall–Kier alpha value is -2.09. The molecule has 0 fully saturated rings. The second kappa shape index (κ2) is 9.91. The largest absolute Gasteiger partial charge is 0.491 e. The maximum absolute atomic E-state index is 12.3. The molecule has 2 rings (SSSR count). The number of nitrogens with one attached hydrogen (secondary N) is 1. The van der Waals surface area contributed by atoms with Crippen LogP contribution >= 0.6 is 11.6 Å². The Morgan fingerprint density at radius 3 is 2.43 bits per heavy atom. The quantitative estimate of drug-likeness (QED) is 0.671. The van der Waals surface area contributed by atoms with E-state index in [9.17, 15) is 13.2 Å². The molecule has 1 N–H and O–H groups in total. The van der Waals surface area contributed by atoms with Crippen molar-refractivity contribution >= 4 is 27.5 Å². The lowest BCUT2D eigenvalue weighted by Crippen LogP contribution is -2.44. The number of carbonyl (C=O) groups excluding carboxylic acids is 1. The van der Waals surface area contributed by atoms with Crippen LogP contribution in [0.25, 0.3) is 0 Å². The van der Waals surface area contributed by atoms with Gasteiger partial charge >= 0.3 is 0 Å². The fourth-order valence-corrected chi connectivity index (χ4v) is 3.41. The van der Waals surface area contributed by atoms with Crippen molar-refractivity contribution in [3.8, 4) is 5.75 Å². The van der Waals surface area contributed by atoms with Gasteiger partial charge in [0.15, 0.2) is 0 Å². The first-order valence-corrected chi connectivity index (χ1v) is 11.0. The number of rotatable bonds is 9. The van der Waals surface area contributed by atoms with Crippen molar-refractivity contribution in [2.45, 2.75) is 26.4 Å². The standard InChI is InChI=1S/C20H25ClN2O4S/c1-15-8-10-18(11-9-15)27-14-16(2)22-20(24)13-23(28(3,25)26)12-17-6-4-5-7-19(17)21/h4-11,16H,12-14H2,1-3H3,(H,22,24). The minimum absolute atomic E-state index is 0.0280. The SMILES string of the molecule is Cc1ccc(OCC(C)NC(=O)CN(Cc2ccccc2Cl)S(C)(=O)=O)cc1. The van der Waals surface area contributed by atoms with Crippen LogP contribution in [0.2, 0.25) is 5.02 Å². The zero-order valence-corrected chi connectivity index (χ0v) is 17.8. The summed E-state index contributed by atoms with van der Waals surface area (Å²) in [5.74, 6) is 0.306. The lowest BCUT2D eigenvalue weighted by atomic mass is 10.2. The van der Waals surface area contributed by atoms with E-state index in [0.717, 1.165) is 16.1 Å². The van der Waals surface area contributed by atoms with Crippen LogP contribution < -0.4 is 10.1 Å². The van der Waals surface area contributed by atoms with E-state index in [-0.39, 0.29) is 25.7 Å². The fraction of sp³-hybridized carbons (Fsp3) is 0.350. The van der Waals surface area contributed by atoms with Crippen LogP contribution in [0.15, 0.2) is 48.5 Å². The van der Waals surface area contributed by atoms with E-state index in [0.29, 0.717) is 16.3 Å². The first-order chi connectivity index (χ1) is 13.1. The zero-order chi connectivity index (χ0) is 20.7. The Balaban J connectivity index is 1.91. The molecular formula is C20H25ClN2O4S. The van der Waals surface area contributed by atoms with Gasteiger partial charge in [0.2, 0.25) is 15.9 Å². The van der Waals surface area contributed by atoms with Crippen molar-refractivity contribution < 1.29 is 17.9 Å². The van der Waals surface area contributed by atoms with Crippen LogP contribution in [0.4, 0.5) is 0 Å². The van der Waals surface area contributed by atoms with Gasteiger partial charge in [-0.25, -0.2) is 8.42 Å². The number of benzene rings is 2. The second-order valence-electron chi connectivity index (χ2n) is 6.72. The molecule has 0 aliphatic rings. The van der Waals surface area contributed by atoms with Crippen LogP contribution in [-0.4, -0.2) is 44.1 Å². The molecule has 2 aromatic rings. The number of halogens is 1. The van der Waals surface area contributed by atoms with Crippen molar-refractivity contribution in [1.29, 1.82) is 0 Å². The highest BCUT2D eigenvalue weighted by Gasteiger charge is 2.22. The molecule has 0 aliphatic carbocycles. The molecule has 8 heteroatoms. The van der Waals surface area contributed by atoms with Gasteiger partial charge in [-0.3, -0.25) is 4.79 Å². The molecule has 0 radical (unpaired) electrons. The molecule has 1 atom stereocenters. The van der Waals surface area contributed by atoms with E-state index in [1.807, 2.05) is 31.2 Å². The van der Waals surface area contributed by atoms with Gasteiger partial charge in [-0.2, -0.15) is 4.31 Å². The molecule has 0 aromatic heterocycles. The van der Waals surface area contributed by atoms with Crippen LogP contribution in [0.1, 0.15) is 18.1 Å². The van der Waals surface area contributed by atoms with Gasteiger partial charge in [-0.15, -0.1) is 0 Å². The normalized spacial score (nSPS) is 12.6. The van der Waals surface area contributed by atoms with E-state index in [1.54, 1.807) is 31.2 Å². The molecule has 0 bridgehead atoms. The zero-order valence-electron chi connectivity index (χ0n) is 16.2. The van der Waals surface area contributed by atoms with Crippen molar-refractivity contribution in [1.82, 2.24) is 9.62 Å². The second-order valence-corrected chi connectivity index (χ2v) is 9.10. The molecule has 1 unspecified atom stereocenters. The maximum atomic E-state index is 12.3. The molecule has 2 aromatic carbocycles. The third-order valence-electron chi connectivity index (χ3n) is 4.02. The highest BCUT2D eigenvalue weighted by molar-refractivity contribution is 7.88. The van der Waals surface area contributed by atoms with Gasteiger partial charge in [0.1, 0.15) is 12.4 Å². The molecule has 1 amide bonds. The summed E-state index contributed by atoms with van der Waals surface area (Å²) in [6.45, 7) is 3.80. The summed E-state index contributed by atoms with van der Waals surface area (Å²) >= 11 is 6.11. The predicted molar refractivity (Wildman–Crippen MR) is 111 cm³/mol. The van der Waals surface area contributed by atoms with Crippen LogP contribution in [0, 0.1) is 6.92 Å². The smallest absolute Gasteiger partial charge is 0.235 e. The van der Waals surface area contributed by atoms with Crippen molar-refractivity contribution in [2.75, 3.05) is 19.4 Å². The van der Waals surface area contributed by atoms with Gasteiger partial charge in [-0.05, 0) is 37.6 Å². The number of ether oxygens (including phenoxy) is 1. The summed E-state index contributed by atoms with van der Waals surface area (Å²) in [5, 5.41) is 3.22. The number of sulfonamides is 1. The number of aryl methyl sites for hydroxylation is 1. The number of hydrogen-bond donors (Lipinski definition) is 1. The Bertz CT molecular complexity index is 901. The average molecular weight is 425 g/mol. The van der Waals surface area contributed by atoms with E-state index in [1.165, 1.54) is 0 Å². The Morgan fingerprint density at radius 1 is 1.18 bits per heavy atom. The topological polar surface area (TPSA) is 75.7 Å². The predicted octanol–water partition coefficient (Wildman–Crippen LogP) is 2.99. The Morgan fingerprint density at radius 2 is 1.82 bits per heavy atom. The summed E-state index contributed by atoms with van der Waals surface area (Å²) in [4.78, 5) is 12.3. The molecule has 6 nitrogen and oxygen atoms in total. The van der Waals surface area contributed by atoms with Crippen molar-refractivity contribution in [2.24, 2.45) is 0 Å². The van der Waals surface area contributed by atoms with Gasteiger partial charge in [-0.1, -0.05) is 47.5 Å². The maximum Gasteiger partial charge on any atom is 0.235 e. The average Bonchev–Trinajstić information content (AvgIpc) is 2.61. The number of nitrogens with zero attached hydrogens (tertiary/aromatic N) is 1. The molecule has 28 heavy (non-hydrogen) atoms. The third-order valence-corrected chi connectivity index (χ3v) is 5.59. The molecule has 0 heterocycles. The first-order valence-electron chi connectivity index (χ1n) is 8.82. The summed E-state index contributed by atoms with van der Waals surface area (Å²) < 4.78 is 30.9. The summed E-state index contributed by atoms with van der Waals surface area (Å²) in [7, 11) is -3.59. The summed E-state index contributed by atoms with van der Waals surface area (Å²) in [6.07, 6.45) is 1.07. The molecular weight excluding hydrogens is 400 g/mol. The molecule has 152 valence electrons. The summed E-state index contributed by atoms with van der Waals surface area (Å²) in [6, 6.07) is 14.3. The number of carbonyl (C=O) groups is 1. The van der Waals surface area contributed by atoms with Crippen LogP contribution in [0.3, 0.4) is 0 Å². The number of hydrogen-bond acceptors (Lipinski definition) is 4. The Labute approximate surface area is 171 Å². The lowest BCUT2D eigenvalue weighted by Gasteiger charge is -2.22. The van der Waals surface area contributed by atoms with E-state index in [2.05, 4.69) is 5.32 Å². The highest BCUT2D eigenvalue weighted by Crippen LogP contribution is 2.18. The minimum Gasteiger partial charge on any atom is -0.491 e. The van der Waals surface area contributed by atoms with Gasteiger partial charge < -0.3 is 10.1 Å². The van der Waals surface area contributed by atoms with E-state index >= 15 is 0 Å². The van der Waals surface area contributed by atoms with Gasteiger partial charge in [0.05, 0.1) is 18.8 Å². The minimum atomic E-state index is -3.59. The van der Waals surface area contributed by atoms with Crippen LogP contribution in [0.5, 0.6) is 5.75 Å². The highest BCUT2D eigenvalue weighted by atomic mass is 35.5. The van der Waals surface area contributed by atoms with E-state index in [4.69, 9.17) is 16.3 Å².